The summed E-state index contributed by atoms with van der Waals surface area (Å²) in [7, 11) is 0. The smallest absolute Gasteiger partial charge is 0.242 e. The minimum absolute atomic E-state index is 0.111. The van der Waals surface area contributed by atoms with Gasteiger partial charge in [-0.15, -0.1) is 0 Å². The molecule has 96 valence electrons. The molecule has 2 saturated heterocycles. The number of nitrogens with zero attached hydrogens (tertiary/aromatic N) is 1. The first-order valence-electron chi connectivity index (χ1n) is 6.22. The van der Waals surface area contributed by atoms with Gasteiger partial charge in [-0.25, -0.2) is 0 Å². The van der Waals surface area contributed by atoms with Crippen molar-refractivity contribution >= 4 is 11.8 Å². The van der Waals surface area contributed by atoms with Gasteiger partial charge in [0, 0.05) is 13.1 Å². The van der Waals surface area contributed by atoms with Crippen LogP contribution in [0.1, 0.15) is 33.1 Å². The average Bonchev–Trinajstić information content (AvgIpc) is 2.86. The summed E-state index contributed by atoms with van der Waals surface area (Å²) >= 11 is 0. The summed E-state index contributed by atoms with van der Waals surface area (Å²) < 4.78 is 0. The lowest BCUT2D eigenvalue weighted by molar-refractivity contribution is -0.137. The van der Waals surface area contributed by atoms with Crippen molar-refractivity contribution in [3.63, 3.8) is 0 Å². The van der Waals surface area contributed by atoms with Crippen LogP contribution < -0.4 is 11.1 Å². The number of carbonyl (C=O) groups is 2. The van der Waals surface area contributed by atoms with Crippen molar-refractivity contribution in [2.75, 3.05) is 19.6 Å². The third-order valence-corrected chi connectivity index (χ3v) is 4.20. The molecule has 0 bridgehead atoms. The molecule has 2 heterocycles. The summed E-state index contributed by atoms with van der Waals surface area (Å²) in [5.41, 5.74) is 4.40. The second-order valence-corrected chi connectivity index (χ2v) is 5.76. The number of hydrogen-bond acceptors (Lipinski definition) is 3. The molecule has 2 rings (SSSR count). The molecule has 2 amide bonds. The molecule has 17 heavy (non-hydrogen) atoms. The Morgan fingerprint density at radius 2 is 2.00 bits per heavy atom. The van der Waals surface area contributed by atoms with Crippen molar-refractivity contribution < 1.29 is 9.59 Å². The minimum Gasteiger partial charge on any atom is -0.369 e. The standard InChI is InChI=1S/C12H21N3O2/c1-11(9(13)16)5-7-15(8-11)10(17)12(2)4-3-6-14-12/h14H,3-8H2,1-2H3,(H2,13,16). The number of carbonyl (C=O) groups excluding carboxylic acids is 2. The first kappa shape index (κ1) is 12.4. The van der Waals surface area contributed by atoms with Crippen molar-refractivity contribution in [2.24, 2.45) is 11.1 Å². The Kier molecular flexibility index (Phi) is 2.89. The number of amides is 2. The molecule has 2 aliphatic heterocycles. The van der Waals surface area contributed by atoms with Gasteiger partial charge in [0.15, 0.2) is 0 Å². The van der Waals surface area contributed by atoms with Gasteiger partial charge in [0.2, 0.25) is 11.8 Å². The van der Waals surface area contributed by atoms with Crippen LogP contribution in [0.3, 0.4) is 0 Å². The molecule has 0 aromatic carbocycles. The monoisotopic (exact) mass is 239 g/mol. The third-order valence-electron chi connectivity index (χ3n) is 4.20. The first-order chi connectivity index (χ1) is 7.87. The lowest BCUT2D eigenvalue weighted by Gasteiger charge is -2.30. The largest absolute Gasteiger partial charge is 0.369 e. The van der Waals surface area contributed by atoms with E-state index in [9.17, 15) is 9.59 Å². The maximum atomic E-state index is 12.4. The number of primary amides is 1. The van der Waals surface area contributed by atoms with E-state index in [0.717, 1.165) is 19.4 Å². The first-order valence-corrected chi connectivity index (χ1v) is 6.22. The summed E-state index contributed by atoms with van der Waals surface area (Å²) in [4.78, 5) is 25.5. The highest BCUT2D eigenvalue weighted by molar-refractivity contribution is 5.88. The predicted molar refractivity (Wildman–Crippen MR) is 64.1 cm³/mol. The molecule has 3 N–H and O–H groups in total. The Hall–Kier alpha value is -1.10. The van der Waals surface area contributed by atoms with Crippen LogP contribution in [-0.2, 0) is 9.59 Å². The van der Waals surface area contributed by atoms with E-state index in [2.05, 4.69) is 5.32 Å². The van der Waals surface area contributed by atoms with E-state index in [1.54, 1.807) is 4.90 Å². The van der Waals surface area contributed by atoms with Crippen molar-refractivity contribution in [3.8, 4) is 0 Å². The minimum atomic E-state index is -0.551. The zero-order valence-corrected chi connectivity index (χ0v) is 10.6. The van der Waals surface area contributed by atoms with E-state index >= 15 is 0 Å². The molecule has 0 aromatic heterocycles. The summed E-state index contributed by atoms with van der Waals surface area (Å²) in [6.45, 7) is 5.77. The highest BCUT2D eigenvalue weighted by atomic mass is 16.2. The lowest BCUT2D eigenvalue weighted by Crippen LogP contribution is -2.53. The van der Waals surface area contributed by atoms with E-state index in [1.807, 2.05) is 13.8 Å². The van der Waals surface area contributed by atoms with Crippen LogP contribution in [0.15, 0.2) is 0 Å². The summed E-state index contributed by atoms with van der Waals surface area (Å²) in [6.07, 6.45) is 2.57. The highest BCUT2D eigenvalue weighted by Crippen LogP contribution is 2.32. The second kappa shape index (κ2) is 3.98. The highest BCUT2D eigenvalue weighted by Gasteiger charge is 2.46. The molecule has 0 aliphatic carbocycles. The number of rotatable bonds is 2. The average molecular weight is 239 g/mol. The van der Waals surface area contributed by atoms with Gasteiger partial charge >= 0.3 is 0 Å². The van der Waals surface area contributed by atoms with Crippen LogP contribution in [0.4, 0.5) is 0 Å². The molecular weight excluding hydrogens is 218 g/mol. The molecule has 0 spiro atoms. The van der Waals surface area contributed by atoms with Gasteiger partial charge < -0.3 is 16.0 Å². The molecule has 0 radical (unpaired) electrons. The molecule has 2 aliphatic rings. The normalized spacial score (nSPS) is 37.4. The van der Waals surface area contributed by atoms with E-state index in [-0.39, 0.29) is 11.8 Å². The van der Waals surface area contributed by atoms with Gasteiger partial charge in [-0.1, -0.05) is 0 Å². The fourth-order valence-electron chi connectivity index (χ4n) is 2.76. The molecule has 5 heteroatoms. The van der Waals surface area contributed by atoms with Gasteiger partial charge in [0.1, 0.15) is 0 Å². The summed E-state index contributed by atoms with van der Waals surface area (Å²) in [6, 6.07) is 0. The maximum absolute atomic E-state index is 12.4. The van der Waals surface area contributed by atoms with E-state index in [4.69, 9.17) is 5.73 Å². The van der Waals surface area contributed by atoms with Gasteiger partial charge in [-0.2, -0.15) is 0 Å². The number of nitrogens with one attached hydrogen (secondary N) is 1. The SMILES string of the molecule is CC1(C(N)=O)CCN(C(=O)C2(C)CCCN2)C1. The molecule has 2 fully saturated rings. The van der Waals surface area contributed by atoms with Crippen molar-refractivity contribution in [1.29, 1.82) is 0 Å². The van der Waals surface area contributed by atoms with Crippen LogP contribution in [-0.4, -0.2) is 41.9 Å². The van der Waals surface area contributed by atoms with Gasteiger partial charge in [-0.3, -0.25) is 9.59 Å². The number of likely N-dealkylation sites (tertiary alicyclic amines) is 1. The van der Waals surface area contributed by atoms with Crippen LogP contribution in [0.25, 0.3) is 0 Å². The Balaban J connectivity index is 2.06. The molecule has 0 aromatic rings. The second-order valence-electron chi connectivity index (χ2n) is 5.76. The van der Waals surface area contributed by atoms with Crippen LogP contribution in [0.5, 0.6) is 0 Å². The van der Waals surface area contributed by atoms with Crippen LogP contribution >= 0.6 is 0 Å². The van der Waals surface area contributed by atoms with Gasteiger partial charge in [-0.05, 0) is 39.7 Å². The molecule has 2 atom stereocenters. The zero-order chi connectivity index (χ0) is 12.7. The lowest BCUT2D eigenvalue weighted by atomic mass is 9.89. The van der Waals surface area contributed by atoms with Crippen molar-refractivity contribution in [1.82, 2.24) is 10.2 Å². The molecule has 0 saturated carbocycles. The zero-order valence-electron chi connectivity index (χ0n) is 10.6. The van der Waals surface area contributed by atoms with Crippen LogP contribution in [0, 0.1) is 5.41 Å². The molecule has 2 unspecified atom stereocenters. The van der Waals surface area contributed by atoms with Crippen molar-refractivity contribution in [3.05, 3.63) is 0 Å². The third kappa shape index (κ3) is 2.04. The topological polar surface area (TPSA) is 75.4 Å². The van der Waals surface area contributed by atoms with Gasteiger partial charge in [0.25, 0.3) is 0 Å². The Morgan fingerprint density at radius 1 is 1.29 bits per heavy atom. The summed E-state index contributed by atoms with van der Waals surface area (Å²) in [5, 5.41) is 3.26. The molecular formula is C12H21N3O2. The Labute approximate surface area is 102 Å². The quantitative estimate of drug-likeness (QED) is 0.704. The number of nitrogens with two attached hydrogens (primary N) is 1. The Bertz CT molecular complexity index is 350. The Morgan fingerprint density at radius 3 is 2.47 bits per heavy atom. The van der Waals surface area contributed by atoms with E-state index in [0.29, 0.717) is 19.5 Å². The van der Waals surface area contributed by atoms with Crippen LogP contribution in [0.2, 0.25) is 0 Å². The summed E-state index contributed by atoms with van der Waals surface area (Å²) in [5.74, 6) is -0.197. The van der Waals surface area contributed by atoms with E-state index < -0.39 is 11.0 Å². The predicted octanol–water partition coefficient (Wildman–Crippen LogP) is -0.148. The number of hydrogen-bond donors (Lipinski definition) is 2. The molecule has 5 nitrogen and oxygen atoms in total. The van der Waals surface area contributed by atoms with E-state index in [1.165, 1.54) is 0 Å². The fraction of sp³-hybridized carbons (Fsp3) is 0.833. The fourth-order valence-corrected chi connectivity index (χ4v) is 2.76. The van der Waals surface area contributed by atoms with Gasteiger partial charge in [0.05, 0.1) is 11.0 Å². The maximum Gasteiger partial charge on any atom is 0.242 e. The van der Waals surface area contributed by atoms with Crippen molar-refractivity contribution in [2.45, 2.75) is 38.6 Å².